The van der Waals surface area contributed by atoms with Crippen molar-refractivity contribution in [2.45, 2.75) is 20.3 Å². The molecule has 1 heterocycles. The third kappa shape index (κ3) is 3.76. The minimum atomic E-state index is -0.350. The molecule has 0 saturated heterocycles. The number of carbonyl (C=O) groups is 1. The van der Waals surface area contributed by atoms with Gasteiger partial charge in [0.2, 0.25) is 0 Å². The first-order valence-electron chi connectivity index (χ1n) is 6.95. The predicted octanol–water partition coefficient (Wildman–Crippen LogP) is 3.96. The second-order valence-electron chi connectivity index (χ2n) is 4.49. The molecule has 112 valence electrons. The van der Waals surface area contributed by atoms with Crippen LogP contribution in [-0.4, -0.2) is 19.2 Å². The highest BCUT2D eigenvalue weighted by atomic mass is 32.1. The molecule has 2 N–H and O–H groups in total. The zero-order valence-electron chi connectivity index (χ0n) is 12.2. The molecular weight excluding hydrogens is 286 g/mol. The minimum absolute atomic E-state index is 0.350. The summed E-state index contributed by atoms with van der Waals surface area (Å²) in [6, 6.07) is 9.53. The van der Waals surface area contributed by atoms with Crippen LogP contribution in [0.4, 0.5) is 5.69 Å². The van der Waals surface area contributed by atoms with Gasteiger partial charge in [0, 0.05) is 4.88 Å². The van der Waals surface area contributed by atoms with Gasteiger partial charge >= 0.3 is 5.97 Å². The van der Waals surface area contributed by atoms with Gasteiger partial charge in [-0.2, -0.15) is 0 Å². The van der Waals surface area contributed by atoms with Gasteiger partial charge in [-0.3, -0.25) is 0 Å². The quantitative estimate of drug-likeness (QED) is 0.820. The Balaban J connectivity index is 2.19. The highest BCUT2D eigenvalue weighted by molar-refractivity contribution is 7.18. The number of nitrogen functional groups attached to an aromatic ring is 1. The summed E-state index contributed by atoms with van der Waals surface area (Å²) < 4.78 is 10.5. The average molecular weight is 305 g/mol. The van der Waals surface area contributed by atoms with Gasteiger partial charge in [0.15, 0.2) is 0 Å². The molecule has 0 aliphatic heterocycles. The van der Waals surface area contributed by atoms with E-state index in [4.69, 9.17) is 15.2 Å². The van der Waals surface area contributed by atoms with E-state index < -0.39 is 0 Å². The highest BCUT2D eigenvalue weighted by Crippen LogP contribution is 2.34. The van der Waals surface area contributed by atoms with Crippen molar-refractivity contribution in [1.29, 1.82) is 0 Å². The number of ether oxygens (including phenoxy) is 2. The van der Waals surface area contributed by atoms with Crippen molar-refractivity contribution in [3.05, 3.63) is 35.2 Å². The van der Waals surface area contributed by atoms with Gasteiger partial charge in [0.05, 0.1) is 18.9 Å². The fourth-order valence-electron chi connectivity index (χ4n) is 1.85. The second-order valence-corrected chi connectivity index (χ2v) is 5.54. The summed E-state index contributed by atoms with van der Waals surface area (Å²) in [5.41, 5.74) is 7.38. The number of anilines is 1. The Labute approximate surface area is 128 Å². The Hall–Kier alpha value is -2.01. The zero-order valence-corrected chi connectivity index (χ0v) is 13.0. The molecule has 0 unspecified atom stereocenters. The maximum absolute atomic E-state index is 11.9. The van der Waals surface area contributed by atoms with Gasteiger partial charge in [0.1, 0.15) is 10.6 Å². The average Bonchev–Trinajstić information content (AvgIpc) is 2.88. The van der Waals surface area contributed by atoms with Gasteiger partial charge in [-0.05, 0) is 49.2 Å². The summed E-state index contributed by atoms with van der Waals surface area (Å²) in [5.74, 6) is 0.477. The predicted molar refractivity (Wildman–Crippen MR) is 85.9 cm³/mol. The first-order chi connectivity index (χ1) is 10.2. The lowest BCUT2D eigenvalue weighted by molar-refractivity contribution is 0.0512. The number of benzene rings is 1. The second kappa shape index (κ2) is 7.13. The molecule has 0 radical (unpaired) electrons. The Kier molecular flexibility index (Phi) is 5.22. The molecule has 0 fully saturated rings. The van der Waals surface area contributed by atoms with Gasteiger partial charge in [-0.1, -0.05) is 6.92 Å². The fourth-order valence-corrected chi connectivity index (χ4v) is 2.83. The van der Waals surface area contributed by atoms with Crippen molar-refractivity contribution in [1.82, 2.24) is 0 Å². The van der Waals surface area contributed by atoms with Gasteiger partial charge in [0.25, 0.3) is 0 Å². The number of esters is 1. The van der Waals surface area contributed by atoms with Crippen molar-refractivity contribution in [3.63, 3.8) is 0 Å². The Morgan fingerprint density at radius 3 is 2.57 bits per heavy atom. The van der Waals surface area contributed by atoms with E-state index in [1.807, 2.05) is 44.2 Å². The molecule has 0 aliphatic rings. The Bertz CT molecular complexity index is 604. The van der Waals surface area contributed by atoms with Crippen LogP contribution in [0, 0.1) is 0 Å². The molecule has 4 nitrogen and oxygen atoms in total. The van der Waals surface area contributed by atoms with E-state index in [0.717, 1.165) is 22.6 Å². The van der Waals surface area contributed by atoms with Crippen molar-refractivity contribution in [2.75, 3.05) is 18.9 Å². The SMILES string of the molecule is CCCOC(=O)c1sc(-c2ccc(OCC)cc2)cc1N. The molecule has 0 saturated carbocycles. The maximum Gasteiger partial charge on any atom is 0.350 e. The lowest BCUT2D eigenvalue weighted by Gasteiger charge is -2.03. The van der Waals surface area contributed by atoms with E-state index in [-0.39, 0.29) is 5.97 Å². The summed E-state index contributed by atoms with van der Waals surface area (Å²) >= 11 is 1.35. The topological polar surface area (TPSA) is 61.5 Å². The summed E-state index contributed by atoms with van der Waals surface area (Å²) in [6.45, 7) is 4.95. The molecule has 21 heavy (non-hydrogen) atoms. The molecule has 0 amide bonds. The first kappa shape index (κ1) is 15.4. The minimum Gasteiger partial charge on any atom is -0.494 e. The van der Waals surface area contributed by atoms with Crippen LogP contribution in [0.25, 0.3) is 10.4 Å². The summed E-state index contributed by atoms with van der Waals surface area (Å²) in [5, 5.41) is 0. The number of nitrogens with two attached hydrogens (primary N) is 1. The van der Waals surface area contributed by atoms with Crippen LogP contribution in [0.2, 0.25) is 0 Å². The molecule has 1 aromatic heterocycles. The molecule has 2 aromatic rings. The van der Waals surface area contributed by atoms with Crippen LogP contribution in [-0.2, 0) is 4.74 Å². The van der Waals surface area contributed by atoms with Crippen LogP contribution >= 0.6 is 11.3 Å². The molecule has 0 aliphatic carbocycles. The molecule has 0 bridgehead atoms. The monoisotopic (exact) mass is 305 g/mol. The lowest BCUT2D eigenvalue weighted by Crippen LogP contribution is -2.05. The van der Waals surface area contributed by atoms with Crippen LogP contribution < -0.4 is 10.5 Å². The smallest absolute Gasteiger partial charge is 0.350 e. The Morgan fingerprint density at radius 2 is 1.95 bits per heavy atom. The van der Waals surface area contributed by atoms with E-state index in [1.165, 1.54) is 11.3 Å². The Morgan fingerprint density at radius 1 is 1.24 bits per heavy atom. The highest BCUT2D eigenvalue weighted by Gasteiger charge is 2.16. The number of hydrogen-bond acceptors (Lipinski definition) is 5. The van der Waals surface area contributed by atoms with Crippen LogP contribution in [0.5, 0.6) is 5.75 Å². The zero-order chi connectivity index (χ0) is 15.2. The van der Waals surface area contributed by atoms with Crippen LogP contribution in [0.1, 0.15) is 29.9 Å². The third-order valence-electron chi connectivity index (χ3n) is 2.83. The molecular formula is C16H19NO3S. The summed E-state index contributed by atoms with van der Waals surface area (Å²) in [7, 11) is 0. The van der Waals surface area contributed by atoms with Crippen molar-refractivity contribution >= 4 is 23.0 Å². The van der Waals surface area contributed by atoms with Crippen molar-refractivity contribution < 1.29 is 14.3 Å². The van der Waals surface area contributed by atoms with E-state index >= 15 is 0 Å². The number of rotatable bonds is 6. The molecule has 5 heteroatoms. The lowest BCUT2D eigenvalue weighted by atomic mass is 10.2. The summed E-state index contributed by atoms with van der Waals surface area (Å²) in [6.07, 6.45) is 0.794. The van der Waals surface area contributed by atoms with Crippen molar-refractivity contribution in [3.8, 4) is 16.2 Å². The van der Waals surface area contributed by atoms with Crippen LogP contribution in [0.3, 0.4) is 0 Å². The van der Waals surface area contributed by atoms with Crippen LogP contribution in [0.15, 0.2) is 30.3 Å². The van der Waals surface area contributed by atoms with E-state index in [2.05, 4.69) is 0 Å². The number of thiophene rings is 1. The van der Waals surface area contributed by atoms with E-state index in [1.54, 1.807) is 0 Å². The normalized spacial score (nSPS) is 10.4. The maximum atomic E-state index is 11.9. The van der Waals surface area contributed by atoms with Crippen molar-refractivity contribution in [2.24, 2.45) is 0 Å². The number of carbonyl (C=O) groups excluding carboxylic acids is 1. The van der Waals surface area contributed by atoms with E-state index in [0.29, 0.717) is 23.8 Å². The molecule has 0 spiro atoms. The first-order valence-corrected chi connectivity index (χ1v) is 7.77. The third-order valence-corrected chi connectivity index (χ3v) is 4.01. The molecule has 1 aromatic carbocycles. The summed E-state index contributed by atoms with van der Waals surface area (Å²) in [4.78, 5) is 13.3. The molecule has 2 rings (SSSR count). The largest absolute Gasteiger partial charge is 0.494 e. The van der Waals surface area contributed by atoms with E-state index in [9.17, 15) is 4.79 Å². The molecule has 0 atom stereocenters. The standard InChI is InChI=1S/C16H19NO3S/c1-3-9-20-16(18)15-13(17)10-14(21-15)11-5-7-12(8-6-11)19-4-2/h5-8,10H,3-4,9,17H2,1-2H3. The number of hydrogen-bond donors (Lipinski definition) is 1. The van der Waals surface area contributed by atoms with Gasteiger partial charge in [-0.25, -0.2) is 4.79 Å². The van der Waals surface area contributed by atoms with Gasteiger partial charge in [-0.15, -0.1) is 11.3 Å². The fraction of sp³-hybridized carbons (Fsp3) is 0.312. The van der Waals surface area contributed by atoms with Gasteiger partial charge < -0.3 is 15.2 Å².